The van der Waals surface area contributed by atoms with Gasteiger partial charge in [0.1, 0.15) is 0 Å². The SMILES string of the molecule is CNC(C)c1cccc(S(=O)(=O)NCCOCCOC)c1. The number of hydrogen-bond donors (Lipinski definition) is 2. The van der Waals surface area contributed by atoms with E-state index in [9.17, 15) is 8.42 Å². The van der Waals surface area contributed by atoms with E-state index in [4.69, 9.17) is 9.47 Å². The summed E-state index contributed by atoms with van der Waals surface area (Å²) in [5, 5.41) is 3.08. The molecule has 0 heterocycles. The summed E-state index contributed by atoms with van der Waals surface area (Å²) < 4.78 is 36.9. The maximum atomic E-state index is 12.2. The smallest absolute Gasteiger partial charge is 0.240 e. The number of ether oxygens (including phenoxy) is 2. The second-order valence-electron chi connectivity index (χ2n) is 4.59. The van der Waals surface area contributed by atoms with E-state index in [-0.39, 0.29) is 17.5 Å². The Labute approximate surface area is 126 Å². The lowest BCUT2D eigenvalue weighted by atomic mass is 10.1. The molecule has 0 aliphatic rings. The Hall–Kier alpha value is -0.990. The van der Waals surface area contributed by atoms with Gasteiger partial charge in [-0.15, -0.1) is 0 Å². The van der Waals surface area contributed by atoms with Crippen LogP contribution in [0.25, 0.3) is 0 Å². The van der Waals surface area contributed by atoms with Crippen LogP contribution in [0.2, 0.25) is 0 Å². The van der Waals surface area contributed by atoms with Gasteiger partial charge in [0.25, 0.3) is 0 Å². The Bertz CT molecular complexity index is 519. The molecule has 6 nitrogen and oxygen atoms in total. The van der Waals surface area contributed by atoms with Gasteiger partial charge in [-0.25, -0.2) is 13.1 Å². The number of sulfonamides is 1. The van der Waals surface area contributed by atoms with Crippen molar-refractivity contribution in [1.29, 1.82) is 0 Å². The largest absolute Gasteiger partial charge is 0.382 e. The lowest BCUT2D eigenvalue weighted by Crippen LogP contribution is -2.28. The zero-order chi connectivity index (χ0) is 15.7. The average Bonchev–Trinajstić information content (AvgIpc) is 2.50. The predicted octanol–water partition coefficient (Wildman–Crippen LogP) is 0.908. The first kappa shape index (κ1) is 18.1. The second kappa shape index (κ2) is 9.11. The monoisotopic (exact) mass is 316 g/mol. The van der Waals surface area contributed by atoms with E-state index >= 15 is 0 Å². The number of methoxy groups -OCH3 is 1. The van der Waals surface area contributed by atoms with Crippen molar-refractivity contribution in [3.63, 3.8) is 0 Å². The highest BCUT2D eigenvalue weighted by Gasteiger charge is 2.14. The van der Waals surface area contributed by atoms with E-state index in [1.807, 2.05) is 20.0 Å². The van der Waals surface area contributed by atoms with E-state index in [0.717, 1.165) is 5.56 Å². The van der Waals surface area contributed by atoms with Crippen molar-refractivity contribution in [2.24, 2.45) is 0 Å². The highest BCUT2D eigenvalue weighted by atomic mass is 32.2. The molecule has 0 aromatic heterocycles. The predicted molar refractivity (Wildman–Crippen MR) is 81.8 cm³/mol. The lowest BCUT2D eigenvalue weighted by molar-refractivity contribution is 0.0736. The van der Waals surface area contributed by atoms with Gasteiger partial charge in [-0.2, -0.15) is 0 Å². The van der Waals surface area contributed by atoms with Crippen LogP contribution in [0.1, 0.15) is 18.5 Å². The van der Waals surface area contributed by atoms with Crippen molar-refractivity contribution in [3.05, 3.63) is 29.8 Å². The fourth-order valence-electron chi connectivity index (χ4n) is 1.69. The third kappa shape index (κ3) is 6.11. The number of nitrogens with one attached hydrogen (secondary N) is 2. The fourth-order valence-corrected chi connectivity index (χ4v) is 2.76. The van der Waals surface area contributed by atoms with E-state index in [2.05, 4.69) is 10.0 Å². The Morgan fingerprint density at radius 1 is 1.24 bits per heavy atom. The maximum absolute atomic E-state index is 12.2. The standard InChI is InChI=1S/C14H24N2O4S/c1-12(15-2)13-5-4-6-14(11-13)21(17,18)16-7-8-20-10-9-19-3/h4-6,11-12,15-16H,7-10H2,1-3H3. The van der Waals surface area contributed by atoms with Crippen LogP contribution in [-0.4, -0.2) is 48.9 Å². The van der Waals surface area contributed by atoms with Gasteiger partial charge in [0.05, 0.1) is 24.7 Å². The Morgan fingerprint density at radius 3 is 2.67 bits per heavy atom. The summed E-state index contributed by atoms with van der Waals surface area (Å²) in [6, 6.07) is 6.99. The molecule has 0 aliphatic carbocycles. The first-order valence-electron chi connectivity index (χ1n) is 6.85. The van der Waals surface area contributed by atoms with Gasteiger partial charge in [-0.05, 0) is 31.7 Å². The molecule has 0 saturated heterocycles. The van der Waals surface area contributed by atoms with E-state index in [0.29, 0.717) is 19.8 Å². The average molecular weight is 316 g/mol. The summed E-state index contributed by atoms with van der Waals surface area (Å²) in [5.41, 5.74) is 0.928. The van der Waals surface area contributed by atoms with Gasteiger partial charge in [-0.3, -0.25) is 0 Å². The molecule has 0 fully saturated rings. The van der Waals surface area contributed by atoms with Crippen LogP contribution in [-0.2, 0) is 19.5 Å². The molecule has 1 rings (SSSR count). The Kier molecular flexibility index (Phi) is 7.84. The van der Waals surface area contributed by atoms with Gasteiger partial charge in [0, 0.05) is 19.7 Å². The minimum absolute atomic E-state index is 0.0949. The number of hydrogen-bond acceptors (Lipinski definition) is 5. The molecule has 1 unspecified atom stereocenters. The lowest BCUT2D eigenvalue weighted by Gasteiger charge is -2.13. The van der Waals surface area contributed by atoms with Crippen LogP contribution in [0, 0.1) is 0 Å². The van der Waals surface area contributed by atoms with Crippen LogP contribution in [0.4, 0.5) is 0 Å². The van der Waals surface area contributed by atoms with Crippen molar-refractivity contribution < 1.29 is 17.9 Å². The zero-order valence-electron chi connectivity index (χ0n) is 12.8. The molecule has 1 atom stereocenters. The van der Waals surface area contributed by atoms with Gasteiger partial charge in [0.2, 0.25) is 10.0 Å². The van der Waals surface area contributed by atoms with Gasteiger partial charge in [0.15, 0.2) is 0 Å². The summed E-state index contributed by atoms with van der Waals surface area (Å²) >= 11 is 0. The Morgan fingerprint density at radius 2 is 2.00 bits per heavy atom. The summed E-state index contributed by atoms with van der Waals surface area (Å²) in [4.78, 5) is 0.263. The first-order chi connectivity index (χ1) is 10.0. The number of benzene rings is 1. The minimum atomic E-state index is -3.51. The van der Waals surface area contributed by atoms with E-state index in [1.165, 1.54) is 0 Å². The summed E-state index contributed by atoms with van der Waals surface area (Å²) in [6.07, 6.45) is 0. The van der Waals surface area contributed by atoms with E-state index in [1.54, 1.807) is 25.3 Å². The van der Waals surface area contributed by atoms with Crippen molar-refractivity contribution >= 4 is 10.0 Å². The summed E-state index contributed by atoms with van der Waals surface area (Å²) in [6.45, 7) is 3.47. The molecule has 0 saturated carbocycles. The van der Waals surface area contributed by atoms with Crippen molar-refractivity contribution in [2.45, 2.75) is 17.9 Å². The van der Waals surface area contributed by atoms with Crippen LogP contribution >= 0.6 is 0 Å². The third-order valence-electron chi connectivity index (χ3n) is 3.07. The molecule has 2 N–H and O–H groups in total. The molecule has 0 bridgehead atoms. The summed E-state index contributed by atoms with van der Waals surface area (Å²) in [7, 11) is -0.0830. The third-order valence-corrected chi connectivity index (χ3v) is 4.53. The van der Waals surface area contributed by atoms with Crippen molar-refractivity contribution in [3.8, 4) is 0 Å². The first-order valence-corrected chi connectivity index (χ1v) is 8.33. The quantitative estimate of drug-likeness (QED) is 0.628. The molecule has 0 aliphatic heterocycles. The molecule has 1 aromatic rings. The topological polar surface area (TPSA) is 76.7 Å². The normalized spacial score (nSPS) is 13.3. The highest BCUT2D eigenvalue weighted by molar-refractivity contribution is 7.89. The van der Waals surface area contributed by atoms with Gasteiger partial charge >= 0.3 is 0 Å². The van der Waals surface area contributed by atoms with Gasteiger partial charge in [-0.1, -0.05) is 12.1 Å². The van der Waals surface area contributed by atoms with Crippen molar-refractivity contribution in [2.75, 3.05) is 40.5 Å². The summed E-state index contributed by atoms with van der Waals surface area (Å²) in [5.74, 6) is 0. The van der Waals surface area contributed by atoms with Crippen LogP contribution < -0.4 is 10.0 Å². The highest BCUT2D eigenvalue weighted by Crippen LogP contribution is 2.16. The minimum Gasteiger partial charge on any atom is -0.382 e. The van der Waals surface area contributed by atoms with Gasteiger partial charge < -0.3 is 14.8 Å². The molecule has 7 heteroatoms. The van der Waals surface area contributed by atoms with E-state index < -0.39 is 10.0 Å². The molecule has 21 heavy (non-hydrogen) atoms. The maximum Gasteiger partial charge on any atom is 0.240 e. The second-order valence-corrected chi connectivity index (χ2v) is 6.35. The molecular weight excluding hydrogens is 292 g/mol. The number of rotatable bonds is 10. The molecular formula is C14H24N2O4S. The zero-order valence-corrected chi connectivity index (χ0v) is 13.6. The van der Waals surface area contributed by atoms with Crippen LogP contribution in [0.15, 0.2) is 29.2 Å². The molecule has 0 amide bonds. The van der Waals surface area contributed by atoms with Crippen LogP contribution in [0.3, 0.4) is 0 Å². The molecule has 1 aromatic carbocycles. The molecule has 0 radical (unpaired) electrons. The molecule has 120 valence electrons. The Balaban J connectivity index is 2.58. The molecule has 0 spiro atoms. The fraction of sp³-hybridized carbons (Fsp3) is 0.571. The van der Waals surface area contributed by atoms with Crippen molar-refractivity contribution in [1.82, 2.24) is 10.0 Å². The van der Waals surface area contributed by atoms with Crippen LogP contribution in [0.5, 0.6) is 0 Å².